The van der Waals surface area contributed by atoms with Crippen LogP contribution in [-0.4, -0.2) is 12.2 Å². The van der Waals surface area contributed by atoms with Crippen molar-refractivity contribution >= 4 is 44.7 Å². The van der Waals surface area contributed by atoms with Crippen molar-refractivity contribution < 1.29 is 9.47 Å². The molecule has 0 saturated heterocycles. The van der Waals surface area contributed by atoms with Crippen LogP contribution < -0.4 is 9.47 Å². The maximum atomic E-state index is 6.77. The molecule has 0 atom stereocenters. The Morgan fingerprint density at radius 1 is 0.567 bits per heavy atom. The van der Waals surface area contributed by atoms with Crippen molar-refractivity contribution in [3.05, 3.63) is 46.4 Å². The largest absolute Gasteiger partial charge is 0.489 e. The molecular formula is C26H28Cl2O2. The summed E-state index contributed by atoms with van der Waals surface area (Å²) in [6.45, 7) is 0. The van der Waals surface area contributed by atoms with Gasteiger partial charge in [0.1, 0.15) is 11.5 Å². The first-order valence-corrected chi connectivity index (χ1v) is 12.1. The van der Waals surface area contributed by atoms with Crippen molar-refractivity contribution in [3.63, 3.8) is 0 Å². The number of halogens is 2. The van der Waals surface area contributed by atoms with Gasteiger partial charge in [0.2, 0.25) is 0 Å². The maximum Gasteiger partial charge on any atom is 0.138 e. The lowest BCUT2D eigenvalue weighted by atomic mass is 9.96. The Kier molecular flexibility index (Phi) is 5.98. The minimum Gasteiger partial charge on any atom is -0.489 e. The fourth-order valence-corrected chi connectivity index (χ4v) is 5.62. The highest BCUT2D eigenvalue weighted by atomic mass is 35.5. The molecule has 0 aliphatic heterocycles. The van der Waals surface area contributed by atoms with Crippen LogP contribution in [0, 0.1) is 0 Å². The zero-order valence-electron chi connectivity index (χ0n) is 17.3. The van der Waals surface area contributed by atoms with Crippen molar-refractivity contribution in [2.24, 2.45) is 0 Å². The summed E-state index contributed by atoms with van der Waals surface area (Å²) in [5.74, 6) is 1.71. The average molecular weight is 443 g/mol. The van der Waals surface area contributed by atoms with Crippen molar-refractivity contribution in [1.29, 1.82) is 0 Å². The Bertz CT molecular complexity index is 987. The zero-order chi connectivity index (χ0) is 20.5. The standard InChI is InChI=1S/C26H28Cl2O2/c27-21-15-7-13-19-23(21)26(30-18-11-5-2-6-12-18)24-20(14-8-16-22(24)28)25(19)29-17-9-3-1-4-10-17/h7-8,13-18H,1-6,9-12H2. The van der Waals surface area contributed by atoms with Crippen LogP contribution in [0.5, 0.6) is 11.5 Å². The summed E-state index contributed by atoms with van der Waals surface area (Å²) in [5, 5.41) is 5.27. The molecule has 0 radical (unpaired) electrons. The first-order valence-electron chi connectivity index (χ1n) is 11.4. The number of benzene rings is 3. The minimum atomic E-state index is 0.211. The van der Waals surface area contributed by atoms with Gasteiger partial charge in [0.05, 0.1) is 22.3 Å². The van der Waals surface area contributed by atoms with E-state index in [4.69, 9.17) is 32.7 Å². The summed E-state index contributed by atoms with van der Waals surface area (Å²) in [7, 11) is 0. The van der Waals surface area contributed by atoms with E-state index in [1.54, 1.807) is 0 Å². The monoisotopic (exact) mass is 442 g/mol. The van der Waals surface area contributed by atoms with Gasteiger partial charge in [-0.25, -0.2) is 0 Å². The second-order valence-corrected chi connectivity index (χ2v) is 9.55. The third kappa shape index (κ3) is 3.85. The predicted molar refractivity (Wildman–Crippen MR) is 126 cm³/mol. The van der Waals surface area contributed by atoms with Crippen LogP contribution in [0.3, 0.4) is 0 Å². The second kappa shape index (κ2) is 8.85. The Hall–Kier alpha value is -1.64. The minimum absolute atomic E-state index is 0.211. The van der Waals surface area contributed by atoms with Crippen molar-refractivity contribution in [2.75, 3.05) is 0 Å². The third-order valence-electron chi connectivity index (χ3n) is 6.64. The topological polar surface area (TPSA) is 18.5 Å². The van der Waals surface area contributed by atoms with Gasteiger partial charge in [0.15, 0.2) is 0 Å². The summed E-state index contributed by atoms with van der Waals surface area (Å²) >= 11 is 13.5. The molecule has 0 bridgehead atoms. The van der Waals surface area contributed by atoms with E-state index in [9.17, 15) is 0 Å². The Balaban J connectivity index is 1.72. The molecule has 5 rings (SSSR count). The SMILES string of the molecule is Clc1cccc2c(OC3CCCCC3)c3cccc(Cl)c3c(OC3CCCCC3)c12. The molecule has 4 heteroatoms. The summed E-state index contributed by atoms with van der Waals surface area (Å²) in [6, 6.07) is 12.1. The molecule has 2 aliphatic rings. The van der Waals surface area contributed by atoms with Crippen LogP contribution in [0.25, 0.3) is 21.5 Å². The van der Waals surface area contributed by atoms with Crippen LogP contribution in [0.1, 0.15) is 64.2 Å². The first-order chi connectivity index (χ1) is 14.7. The fourth-order valence-electron chi connectivity index (χ4n) is 5.10. The van der Waals surface area contributed by atoms with Crippen LogP contribution in [-0.2, 0) is 0 Å². The van der Waals surface area contributed by atoms with Crippen LogP contribution >= 0.6 is 23.2 Å². The van der Waals surface area contributed by atoms with E-state index in [-0.39, 0.29) is 12.2 Å². The maximum absolute atomic E-state index is 6.77. The van der Waals surface area contributed by atoms with E-state index in [0.29, 0.717) is 10.0 Å². The second-order valence-electron chi connectivity index (χ2n) is 8.74. The molecule has 2 aliphatic carbocycles. The van der Waals surface area contributed by atoms with Gasteiger partial charge >= 0.3 is 0 Å². The summed E-state index contributed by atoms with van der Waals surface area (Å²) in [5.41, 5.74) is 0. The van der Waals surface area contributed by atoms with Gasteiger partial charge in [-0.05, 0) is 63.5 Å². The number of fused-ring (bicyclic) bond motifs is 2. The lowest BCUT2D eigenvalue weighted by Gasteiger charge is -2.28. The fraction of sp³-hybridized carbons (Fsp3) is 0.462. The molecule has 158 valence electrons. The molecule has 2 fully saturated rings. The molecule has 2 nitrogen and oxygen atoms in total. The molecule has 30 heavy (non-hydrogen) atoms. The lowest BCUT2D eigenvalue weighted by Crippen LogP contribution is -2.21. The van der Waals surface area contributed by atoms with Gasteiger partial charge in [-0.3, -0.25) is 0 Å². The van der Waals surface area contributed by atoms with E-state index >= 15 is 0 Å². The zero-order valence-corrected chi connectivity index (χ0v) is 18.8. The lowest BCUT2D eigenvalue weighted by molar-refractivity contribution is 0.156. The van der Waals surface area contributed by atoms with Crippen LogP contribution in [0.2, 0.25) is 10.0 Å². The highest BCUT2D eigenvalue weighted by molar-refractivity contribution is 6.40. The van der Waals surface area contributed by atoms with Gasteiger partial charge in [-0.2, -0.15) is 0 Å². The van der Waals surface area contributed by atoms with Gasteiger partial charge in [0.25, 0.3) is 0 Å². The van der Waals surface area contributed by atoms with Crippen molar-refractivity contribution in [1.82, 2.24) is 0 Å². The third-order valence-corrected chi connectivity index (χ3v) is 7.27. The Labute approximate surface area is 188 Å². The highest BCUT2D eigenvalue weighted by Crippen LogP contribution is 2.49. The summed E-state index contributed by atoms with van der Waals surface area (Å²) in [4.78, 5) is 0. The number of ether oxygens (including phenoxy) is 2. The highest BCUT2D eigenvalue weighted by Gasteiger charge is 2.25. The molecule has 0 heterocycles. The number of rotatable bonds is 4. The van der Waals surface area contributed by atoms with E-state index in [1.807, 2.05) is 24.3 Å². The first kappa shape index (κ1) is 20.3. The van der Waals surface area contributed by atoms with E-state index in [2.05, 4.69) is 12.1 Å². The van der Waals surface area contributed by atoms with Crippen molar-refractivity contribution in [2.45, 2.75) is 76.4 Å². The van der Waals surface area contributed by atoms with Gasteiger partial charge in [0, 0.05) is 21.5 Å². The van der Waals surface area contributed by atoms with Gasteiger partial charge < -0.3 is 9.47 Å². The molecule has 0 unspecified atom stereocenters. The molecule has 0 spiro atoms. The van der Waals surface area contributed by atoms with Crippen LogP contribution in [0.4, 0.5) is 0 Å². The molecule has 2 saturated carbocycles. The summed E-state index contributed by atoms with van der Waals surface area (Å²) < 4.78 is 13.3. The average Bonchev–Trinajstić information content (AvgIpc) is 2.77. The summed E-state index contributed by atoms with van der Waals surface area (Å²) in [6.07, 6.45) is 12.3. The van der Waals surface area contributed by atoms with Crippen molar-refractivity contribution in [3.8, 4) is 11.5 Å². The normalized spacial score (nSPS) is 18.7. The van der Waals surface area contributed by atoms with E-state index in [1.165, 1.54) is 38.5 Å². The Morgan fingerprint density at radius 2 is 1.00 bits per heavy atom. The molecule has 3 aromatic rings. The molecule has 0 amide bonds. The van der Waals surface area contributed by atoms with Gasteiger partial charge in [-0.1, -0.05) is 60.3 Å². The smallest absolute Gasteiger partial charge is 0.138 e. The molecular weight excluding hydrogens is 415 g/mol. The number of hydrogen-bond acceptors (Lipinski definition) is 2. The van der Waals surface area contributed by atoms with Crippen LogP contribution in [0.15, 0.2) is 36.4 Å². The predicted octanol–water partition coefficient (Wildman–Crippen LogP) is 8.72. The molecule has 0 N–H and O–H groups in total. The molecule has 0 aromatic heterocycles. The quantitative estimate of drug-likeness (QED) is 0.375. The van der Waals surface area contributed by atoms with E-state index < -0.39 is 0 Å². The molecule has 3 aromatic carbocycles. The Morgan fingerprint density at radius 3 is 1.47 bits per heavy atom. The van der Waals surface area contributed by atoms with Gasteiger partial charge in [-0.15, -0.1) is 0 Å². The number of hydrogen-bond donors (Lipinski definition) is 0. The van der Waals surface area contributed by atoms with E-state index in [0.717, 1.165) is 58.7 Å².